The average molecular weight is 273 g/mol. The maximum absolute atomic E-state index is 6.21. The van der Waals surface area contributed by atoms with E-state index in [-0.39, 0.29) is 0 Å². The monoisotopic (exact) mass is 272 g/mol. The number of aromatic nitrogens is 2. The second kappa shape index (κ2) is 3.77. The van der Waals surface area contributed by atoms with Gasteiger partial charge >= 0.3 is 0 Å². The first-order valence-electron chi connectivity index (χ1n) is 5.81. The summed E-state index contributed by atoms with van der Waals surface area (Å²) in [5.41, 5.74) is 2.73. The zero-order valence-electron chi connectivity index (χ0n) is 9.43. The number of nitrogens with zero attached hydrogens (tertiary/aromatic N) is 2. The largest absolute Gasteiger partial charge is 0.221 e. The van der Waals surface area contributed by atoms with Crippen LogP contribution in [0, 0.1) is 0 Å². The fraction of sp³-hybridized carbons (Fsp3) is 0.143. The number of rotatable bonds is 1. The van der Waals surface area contributed by atoms with Crippen molar-refractivity contribution in [2.24, 2.45) is 0 Å². The molecule has 0 amide bonds. The molecule has 1 atom stereocenters. The van der Waals surface area contributed by atoms with Crippen molar-refractivity contribution in [2.45, 2.75) is 12.3 Å². The van der Waals surface area contributed by atoms with Gasteiger partial charge in [0.1, 0.15) is 15.8 Å². The zero-order valence-corrected chi connectivity index (χ0v) is 11.0. The quantitative estimate of drug-likeness (QED) is 0.625. The minimum Gasteiger partial charge on any atom is -0.221 e. The van der Waals surface area contributed by atoms with Crippen LogP contribution in [-0.4, -0.2) is 9.97 Å². The van der Waals surface area contributed by atoms with Crippen LogP contribution in [0.15, 0.2) is 35.7 Å². The lowest BCUT2D eigenvalue weighted by Gasteiger charge is -2.28. The summed E-state index contributed by atoms with van der Waals surface area (Å²) in [5, 5.41) is 3.53. The first-order chi connectivity index (χ1) is 8.83. The Morgan fingerprint density at radius 3 is 2.94 bits per heavy atom. The first-order valence-corrected chi connectivity index (χ1v) is 7.07. The molecular formula is C14H9ClN2S. The Hall–Kier alpha value is -1.45. The van der Waals surface area contributed by atoms with Gasteiger partial charge in [0.2, 0.25) is 0 Å². The van der Waals surface area contributed by atoms with E-state index in [0.717, 1.165) is 22.5 Å². The van der Waals surface area contributed by atoms with Crippen LogP contribution in [0.25, 0.3) is 10.2 Å². The summed E-state index contributed by atoms with van der Waals surface area (Å²) < 4.78 is 0. The Kier molecular flexibility index (Phi) is 2.19. The molecule has 0 aliphatic heterocycles. The highest BCUT2D eigenvalue weighted by molar-refractivity contribution is 7.16. The molecule has 2 aromatic heterocycles. The summed E-state index contributed by atoms with van der Waals surface area (Å²) in [5.74, 6) is 1.17. The van der Waals surface area contributed by atoms with Crippen molar-refractivity contribution in [3.63, 3.8) is 0 Å². The van der Waals surface area contributed by atoms with Crippen LogP contribution in [0.2, 0.25) is 5.15 Å². The van der Waals surface area contributed by atoms with Crippen LogP contribution in [0.4, 0.5) is 0 Å². The molecule has 0 N–H and O–H groups in total. The number of thiophene rings is 1. The van der Waals surface area contributed by atoms with Gasteiger partial charge in [-0.05, 0) is 29.0 Å². The number of hydrogen-bond acceptors (Lipinski definition) is 3. The molecule has 4 rings (SSSR count). The zero-order chi connectivity index (χ0) is 12.1. The summed E-state index contributed by atoms with van der Waals surface area (Å²) >= 11 is 7.82. The minimum absolute atomic E-state index is 0.310. The molecule has 0 saturated heterocycles. The van der Waals surface area contributed by atoms with Gasteiger partial charge in [-0.2, -0.15) is 0 Å². The predicted octanol–water partition coefficient (Wildman–Crippen LogP) is 4.03. The number of hydrogen-bond donors (Lipinski definition) is 0. The Morgan fingerprint density at radius 2 is 2.06 bits per heavy atom. The fourth-order valence-electron chi connectivity index (χ4n) is 2.48. The smallest absolute Gasteiger partial charge is 0.141 e. The molecule has 1 aliphatic rings. The summed E-state index contributed by atoms with van der Waals surface area (Å²) in [6.45, 7) is 0. The second-order valence-corrected chi connectivity index (χ2v) is 5.72. The normalized spacial score (nSPS) is 17.5. The summed E-state index contributed by atoms with van der Waals surface area (Å²) in [6, 6.07) is 10.4. The van der Waals surface area contributed by atoms with Crippen LogP contribution in [0.1, 0.15) is 22.9 Å². The molecule has 3 aromatic rings. The van der Waals surface area contributed by atoms with Gasteiger partial charge in [-0.15, -0.1) is 11.3 Å². The molecule has 0 saturated carbocycles. The molecule has 0 radical (unpaired) electrons. The average Bonchev–Trinajstić information content (AvgIpc) is 2.79. The van der Waals surface area contributed by atoms with Crippen molar-refractivity contribution >= 4 is 33.2 Å². The number of benzene rings is 1. The van der Waals surface area contributed by atoms with E-state index in [4.69, 9.17) is 11.6 Å². The van der Waals surface area contributed by atoms with Gasteiger partial charge < -0.3 is 0 Å². The third kappa shape index (κ3) is 1.41. The first kappa shape index (κ1) is 10.5. The molecule has 2 heterocycles. The highest BCUT2D eigenvalue weighted by atomic mass is 35.5. The van der Waals surface area contributed by atoms with Gasteiger partial charge in [0.05, 0.1) is 0 Å². The SMILES string of the molecule is Clc1nc(C2Cc3ccccc32)nc2sccc12. The molecule has 4 heteroatoms. The minimum atomic E-state index is 0.310. The second-order valence-electron chi connectivity index (χ2n) is 4.47. The van der Waals surface area contributed by atoms with E-state index < -0.39 is 0 Å². The highest BCUT2D eigenvalue weighted by Crippen LogP contribution is 2.39. The third-order valence-electron chi connectivity index (χ3n) is 3.46. The van der Waals surface area contributed by atoms with Crippen molar-refractivity contribution in [2.75, 3.05) is 0 Å². The van der Waals surface area contributed by atoms with Crippen molar-refractivity contribution in [1.29, 1.82) is 0 Å². The molecule has 0 spiro atoms. The van der Waals surface area contributed by atoms with E-state index in [1.54, 1.807) is 11.3 Å². The Labute approximate surface area is 113 Å². The lowest BCUT2D eigenvalue weighted by molar-refractivity contribution is 0.664. The van der Waals surface area contributed by atoms with E-state index >= 15 is 0 Å². The van der Waals surface area contributed by atoms with Crippen LogP contribution in [-0.2, 0) is 6.42 Å². The van der Waals surface area contributed by atoms with E-state index in [1.165, 1.54) is 11.1 Å². The van der Waals surface area contributed by atoms with Crippen molar-refractivity contribution in [1.82, 2.24) is 9.97 Å². The Bertz CT molecular complexity index is 750. The van der Waals surface area contributed by atoms with Crippen LogP contribution >= 0.6 is 22.9 Å². The van der Waals surface area contributed by atoms with E-state index in [1.807, 2.05) is 11.4 Å². The number of fused-ring (bicyclic) bond motifs is 2. The van der Waals surface area contributed by atoms with Gasteiger partial charge in [0.15, 0.2) is 0 Å². The molecule has 2 nitrogen and oxygen atoms in total. The maximum Gasteiger partial charge on any atom is 0.141 e. The van der Waals surface area contributed by atoms with Gasteiger partial charge in [0, 0.05) is 11.3 Å². The van der Waals surface area contributed by atoms with E-state index in [0.29, 0.717) is 11.1 Å². The van der Waals surface area contributed by atoms with Gasteiger partial charge in [-0.1, -0.05) is 35.9 Å². The maximum atomic E-state index is 6.21. The molecule has 88 valence electrons. The van der Waals surface area contributed by atoms with Crippen molar-refractivity contribution in [3.8, 4) is 0 Å². The van der Waals surface area contributed by atoms with Crippen LogP contribution < -0.4 is 0 Å². The lowest BCUT2D eigenvalue weighted by Crippen LogP contribution is -2.20. The molecule has 1 aromatic carbocycles. The standard InChI is InChI=1S/C14H9ClN2S/c15-12-10-5-6-18-14(10)17-13(16-12)11-7-8-3-1-2-4-9(8)11/h1-6,11H,7H2. The molecule has 1 aliphatic carbocycles. The van der Waals surface area contributed by atoms with E-state index in [2.05, 4.69) is 34.2 Å². The summed E-state index contributed by atoms with van der Waals surface area (Å²) in [6.07, 6.45) is 1.02. The summed E-state index contributed by atoms with van der Waals surface area (Å²) in [4.78, 5) is 10.1. The van der Waals surface area contributed by atoms with E-state index in [9.17, 15) is 0 Å². The molecule has 0 bridgehead atoms. The molecule has 1 unspecified atom stereocenters. The van der Waals surface area contributed by atoms with Gasteiger partial charge in [0.25, 0.3) is 0 Å². The lowest BCUT2D eigenvalue weighted by atomic mass is 9.77. The summed E-state index contributed by atoms with van der Waals surface area (Å²) in [7, 11) is 0. The van der Waals surface area contributed by atoms with Crippen molar-refractivity contribution in [3.05, 3.63) is 57.8 Å². The molecular weight excluding hydrogens is 264 g/mol. The Morgan fingerprint density at radius 1 is 1.17 bits per heavy atom. The van der Waals surface area contributed by atoms with Crippen LogP contribution in [0.5, 0.6) is 0 Å². The fourth-order valence-corrected chi connectivity index (χ4v) is 3.55. The molecule has 0 fully saturated rings. The third-order valence-corrected chi connectivity index (χ3v) is 4.56. The highest BCUT2D eigenvalue weighted by Gasteiger charge is 2.29. The van der Waals surface area contributed by atoms with Gasteiger partial charge in [-0.3, -0.25) is 0 Å². The Balaban J connectivity index is 1.85. The van der Waals surface area contributed by atoms with Gasteiger partial charge in [-0.25, -0.2) is 9.97 Å². The van der Waals surface area contributed by atoms with Crippen LogP contribution in [0.3, 0.4) is 0 Å². The molecule has 18 heavy (non-hydrogen) atoms. The topological polar surface area (TPSA) is 25.8 Å². The predicted molar refractivity (Wildman–Crippen MR) is 74.4 cm³/mol. The number of halogens is 1. The van der Waals surface area contributed by atoms with Crippen molar-refractivity contribution < 1.29 is 0 Å².